The minimum absolute atomic E-state index is 0.282. The van der Waals surface area contributed by atoms with Gasteiger partial charge in [-0.25, -0.2) is 8.78 Å². The molecule has 2 aromatic carbocycles. The number of benzene rings is 2. The molecule has 5 heteroatoms. The van der Waals surface area contributed by atoms with Crippen molar-refractivity contribution < 1.29 is 13.5 Å². The summed E-state index contributed by atoms with van der Waals surface area (Å²) < 4.78 is 33.0. The number of rotatable bonds is 3. The first-order valence-corrected chi connectivity index (χ1v) is 7.33. The molecule has 0 atom stereocenters. The van der Waals surface area contributed by atoms with Gasteiger partial charge in [-0.1, -0.05) is 24.3 Å². The fraction of sp³-hybridized carbons (Fsp3) is 0.167. The number of anilines is 1. The molecule has 1 fully saturated rings. The third-order valence-corrected chi connectivity index (χ3v) is 4.15. The molecule has 116 valence electrons. The quantitative estimate of drug-likeness (QED) is 0.797. The Labute approximate surface area is 131 Å². The molecule has 0 unspecified atom stereocenters. The van der Waals surface area contributed by atoms with Gasteiger partial charge < -0.3 is 10.1 Å². The SMILES string of the molecule is Fc1cccc(C2(Nc3ccc4cccnc4c3)COC2)c1F. The highest BCUT2D eigenvalue weighted by Gasteiger charge is 2.43. The van der Waals surface area contributed by atoms with Gasteiger partial charge in [-0.05, 0) is 24.3 Å². The van der Waals surface area contributed by atoms with Crippen molar-refractivity contribution in [3.05, 3.63) is 71.9 Å². The summed E-state index contributed by atoms with van der Waals surface area (Å²) in [5.41, 5.74) is 1.16. The van der Waals surface area contributed by atoms with E-state index in [0.29, 0.717) is 0 Å². The highest BCUT2D eigenvalue weighted by Crippen LogP contribution is 2.36. The molecule has 0 bridgehead atoms. The zero-order valence-corrected chi connectivity index (χ0v) is 12.2. The lowest BCUT2D eigenvalue weighted by Crippen LogP contribution is -2.53. The van der Waals surface area contributed by atoms with E-state index < -0.39 is 17.2 Å². The van der Waals surface area contributed by atoms with Crippen LogP contribution in [0, 0.1) is 11.6 Å². The van der Waals surface area contributed by atoms with E-state index in [1.165, 1.54) is 6.07 Å². The molecule has 3 aromatic rings. The predicted molar refractivity (Wildman–Crippen MR) is 84.2 cm³/mol. The fourth-order valence-corrected chi connectivity index (χ4v) is 2.90. The number of hydrogen-bond acceptors (Lipinski definition) is 3. The number of nitrogens with zero attached hydrogens (tertiary/aromatic N) is 1. The molecule has 3 nitrogen and oxygen atoms in total. The normalized spacial score (nSPS) is 16.1. The van der Waals surface area contributed by atoms with Crippen LogP contribution in [0.25, 0.3) is 10.9 Å². The van der Waals surface area contributed by atoms with Crippen LogP contribution in [-0.2, 0) is 10.3 Å². The molecule has 1 N–H and O–H groups in total. The topological polar surface area (TPSA) is 34.2 Å². The number of aromatic nitrogens is 1. The molecular weight excluding hydrogens is 298 g/mol. The number of pyridine rings is 1. The second-order valence-electron chi connectivity index (χ2n) is 5.71. The molecule has 0 aliphatic carbocycles. The lowest BCUT2D eigenvalue weighted by atomic mass is 9.87. The van der Waals surface area contributed by atoms with Gasteiger partial charge in [-0.3, -0.25) is 4.98 Å². The standard InChI is InChI=1S/C18H14F2N2O/c19-15-5-1-4-14(17(15)20)18(10-23-11-18)22-13-7-6-12-3-2-8-21-16(12)9-13/h1-9,22H,10-11H2. The summed E-state index contributed by atoms with van der Waals surface area (Å²) in [6.07, 6.45) is 1.72. The first-order chi connectivity index (χ1) is 11.2. The highest BCUT2D eigenvalue weighted by atomic mass is 19.2. The van der Waals surface area contributed by atoms with Crippen molar-refractivity contribution in [2.45, 2.75) is 5.54 Å². The van der Waals surface area contributed by atoms with Gasteiger partial charge in [0.25, 0.3) is 0 Å². The third kappa shape index (κ3) is 2.33. The van der Waals surface area contributed by atoms with Crippen molar-refractivity contribution in [2.24, 2.45) is 0 Å². The minimum Gasteiger partial charge on any atom is -0.376 e. The molecular formula is C18H14F2N2O. The molecule has 1 aromatic heterocycles. The van der Waals surface area contributed by atoms with Crippen molar-refractivity contribution in [3.8, 4) is 0 Å². The molecule has 23 heavy (non-hydrogen) atoms. The smallest absolute Gasteiger partial charge is 0.164 e. The Morgan fingerprint density at radius 3 is 2.70 bits per heavy atom. The van der Waals surface area contributed by atoms with Gasteiger partial charge in [0.15, 0.2) is 11.6 Å². The van der Waals surface area contributed by atoms with Crippen LogP contribution in [-0.4, -0.2) is 18.2 Å². The lowest BCUT2D eigenvalue weighted by Gasteiger charge is -2.43. The average molecular weight is 312 g/mol. The maximum Gasteiger partial charge on any atom is 0.164 e. The number of fused-ring (bicyclic) bond motifs is 1. The molecule has 2 heterocycles. The maximum absolute atomic E-state index is 14.2. The molecule has 0 amide bonds. The molecule has 1 aliphatic rings. The van der Waals surface area contributed by atoms with Crippen LogP contribution in [0.3, 0.4) is 0 Å². The third-order valence-electron chi connectivity index (χ3n) is 4.15. The monoisotopic (exact) mass is 312 g/mol. The molecule has 0 saturated carbocycles. The first kappa shape index (κ1) is 14.1. The molecule has 4 rings (SSSR count). The molecule has 0 spiro atoms. The largest absolute Gasteiger partial charge is 0.376 e. The minimum atomic E-state index is -0.851. The van der Waals surface area contributed by atoms with Crippen LogP contribution < -0.4 is 5.32 Å². The van der Waals surface area contributed by atoms with Gasteiger partial charge in [0, 0.05) is 22.8 Å². The second-order valence-corrected chi connectivity index (χ2v) is 5.71. The maximum atomic E-state index is 14.2. The molecule has 1 aliphatic heterocycles. The zero-order chi connectivity index (χ0) is 15.9. The number of hydrogen-bond donors (Lipinski definition) is 1. The van der Waals surface area contributed by atoms with E-state index in [9.17, 15) is 8.78 Å². The van der Waals surface area contributed by atoms with Crippen LogP contribution in [0.1, 0.15) is 5.56 Å². The number of halogens is 2. The second kappa shape index (κ2) is 5.28. The van der Waals surface area contributed by atoms with E-state index in [1.54, 1.807) is 12.3 Å². The molecule has 1 saturated heterocycles. The van der Waals surface area contributed by atoms with E-state index in [2.05, 4.69) is 10.3 Å². The van der Waals surface area contributed by atoms with Gasteiger partial charge in [0.1, 0.15) is 5.54 Å². The van der Waals surface area contributed by atoms with Crippen molar-refractivity contribution in [2.75, 3.05) is 18.5 Å². The summed E-state index contributed by atoms with van der Waals surface area (Å²) in [4.78, 5) is 4.31. The highest BCUT2D eigenvalue weighted by molar-refractivity contribution is 5.82. The van der Waals surface area contributed by atoms with Crippen molar-refractivity contribution in [1.29, 1.82) is 0 Å². The Bertz CT molecular complexity index is 878. The summed E-state index contributed by atoms with van der Waals surface area (Å²) >= 11 is 0. The van der Waals surface area contributed by atoms with Gasteiger partial charge in [0.2, 0.25) is 0 Å². The van der Waals surface area contributed by atoms with Crippen LogP contribution in [0.15, 0.2) is 54.7 Å². The van der Waals surface area contributed by atoms with Gasteiger partial charge in [-0.2, -0.15) is 0 Å². The van der Waals surface area contributed by atoms with Crippen LogP contribution >= 0.6 is 0 Å². The fourth-order valence-electron chi connectivity index (χ4n) is 2.90. The summed E-state index contributed by atoms with van der Waals surface area (Å²) in [6, 6.07) is 13.8. The average Bonchev–Trinajstić information content (AvgIpc) is 2.54. The van der Waals surface area contributed by atoms with Crippen LogP contribution in [0.2, 0.25) is 0 Å². The van der Waals surface area contributed by atoms with Crippen molar-refractivity contribution in [1.82, 2.24) is 4.98 Å². The number of nitrogens with one attached hydrogen (secondary N) is 1. The first-order valence-electron chi connectivity index (χ1n) is 7.33. The van der Waals surface area contributed by atoms with E-state index >= 15 is 0 Å². The number of ether oxygens (including phenoxy) is 1. The van der Waals surface area contributed by atoms with Crippen molar-refractivity contribution >= 4 is 16.6 Å². The summed E-state index contributed by atoms with van der Waals surface area (Å²) in [5, 5.41) is 4.32. The Hall–Kier alpha value is -2.53. The van der Waals surface area contributed by atoms with Crippen molar-refractivity contribution in [3.63, 3.8) is 0 Å². The predicted octanol–water partition coefficient (Wildman–Crippen LogP) is 3.85. The van der Waals surface area contributed by atoms with Gasteiger partial charge in [0.05, 0.1) is 18.7 Å². The zero-order valence-electron chi connectivity index (χ0n) is 12.2. The van der Waals surface area contributed by atoms with E-state index in [0.717, 1.165) is 22.7 Å². The van der Waals surface area contributed by atoms with Crippen LogP contribution in [0.4, 0.5) is 14.5 Å². The lowest BCUT2D eigenvalue weighted by molar-refractivity contribution is -0.0464. The van der Waals surface area contributed by atoms with Gasteiger partial charge in [-0.15, -0.1) is 0 Å². The van der Waals surface area contributed by atoms with E-state index in [4.69, 9.17) is 4.74 Å². The molecule has 0 radical (unpaired) electrons. The summed E-state index contributed by atoms with van der Waals surface area (Å²) in [6.45, 7) is 0.571. The van der Waals surface area contributed by atoms with Gasteiger partial charge >= 0.3 is 0 Å². The summed E-state index contributed by atoms with van der Waals surface area (Å²) in [5.74, 6) is -1.68. The van der Waals surface area contributed by atoms with E-state index in [-0.39, 0.29) is 18.8 Å². The Kier molecular flexibility index (Phi) is 3.23. The Morgan fingerprint density at radius 2 is 1.91 bits per heavy atom. The van der Waals surface area contributed by atoms with E-state index in [1.807, 2.05) is 30.3 Å². The summed E-state index contributed by atoms with van der Waals surface area (Å²) in [7, 11) is 0. The Morgan fingerprint density at radius 1 is 1.04 bits per heavy atom. The van der Waals surface area contributed by atoms with Crippen LogP contribution in [0.5, 0.6) is 0 Å². The Balaban J connectivity index is 1.73.